The molecule has 0 fully saturated rings. The van der Waals surface area contributed by atoms with Crippen LogP contribution in [0.5, 0.6) is 0 Å². The smallest absolute Gasteiger partial charge is 0.166 e. The average molecular weight is 381 g/mol. The zero-order valence-electron chi connectivity index (χ0n) is 14.7. The molecule has 0 saturated carbocycles. The molecule has 3 N–H and O–H groups in total. The molecule has 4 rings (SSSR count). The van der Waals surface area contributed by atoms with Gasteiger partial charge in [-0.25, -0.2) is 9.37 Å². The minimum atomic E-state index is -0.276. The largest absolute Gasteiger partial charge is 0.337 e. The van der Waals surface area contributed by atoms with Crippen LogP contribution in [0.25, 0.3) is 11.0 Å². The van der Waals surface area contributed by atoms with Gasteiger partial charge in [0.15, 0.2) is 5.82 Å². The number of para-hydroxylation sites is 2. The number of H-pyrrole nitrogens is 1. The molecule has 3 nitrogen and oxygen atoms in total. The van der Waals surface area contributed by atoms with Crippen molar-refractivity contribution < 1.29 is 9.71 Å². The van der Waals surface area contributed by atoms with Gasteiger partial charge in [0.2, 0.25) is 0 Å². The third kappa shape index (κ3) is 4.02. The third-order valence-electron chi connectivity index (χ3n) is 4.73. The molecule has 4 aromatic rings. The highest BCUT2D eigenvalue weighted by atomic mass is 35.5. The van der Waals surface area contributed by atoms with Crippen LogP contribution in [0.1, 0.15) is 23.0 Å². The van der Waals surface area contributed by atoms with Crippen molar-refractivity contribution in [2.75, 3.05) is 0 Å². The number of benzene rings is 3. The summed E-state index contributed by atoms with van der Waals surface area (Å²) in [6.45, 7) is 0.444. The Morgan fingerprint density at radius 2 is 1.74 bits per heavy atom. The van der Waals surface area contributed by atoms with Gasteiger partial charge in [-0.2, -0.15) is 0 Å². The molecule has 27 heavy (non-hydrogen) atoms. The van der Waals surface area contributed by atoms with Gasteiger partial charge in [0.25, 0.3) is 0 Å². The highest BCUT2D eigenvalue weighted by Crippen LogP contribution is 2.20. The Balaban J connectivity index is 1.63. The number of hydrogen-bond acceptors (Lipinski definition) is 1. The highest BCUT2D eigenvalue weighted by molar-refractivity contribution is 6.31. The number of aromatic nitrogens is 2. The Kier molecular flexibility index (Phi) is 5.19. The molecule has 136 valence electrons. The van der Waals surface area contributed by atoms with Gasteiger partial charge in [0.1, 0.15) is 18.4 Å². The van der Waals surface area contributed by atoms with E-state index in [2.05, 4.69) is 22.4 Å². The van der Waals surface area contributed by atoms with Crippen LogP contribution in [0.4, 0.5) is 4.39 Å². The second-order valence-electron chi connectivity index (χ2n) is 6.58. The van der Waals surface area contributed by atoms with E-state index in [1.807, 2.05) is 42.5 Å². The molecule has 1 atom stereocenters. The van der Waals surface area contributed by atoms with Crippen LogP contribution in [0.15, 0.2) is 72.8 Å². The van der Waals surface area contributed by atoms with Gasteiger partial charge in [-0.05, 0) is 29.8 Å². The zero-order valence-corrected chi connectivity index (χ0v) is 15.5. The average Bonchev–Trinajstić information content (AvgIpc) is 3.11. The van der Waals surface area contributed by atoms with Crippen LogP contribution in [-0.4, -0.2) is 9.97 Å². The van der Waals surface area contributed by atoms with Gasteiger partial charge in [-0.15, -0.1) is 0 Å². The maximum absolute atomic E-state index is 14.2. The predicted octanol–water partition coefficient (Wildman–Crippen LogP) is 4.40. The van der Waals surface area contributed by atoms with E-state index in [9.17, 15) is 4.39 Å². The lowest BCUT2D eigenvalue weighted by Gasteiger charge is -2.15. The van der Waals surface area contributed by atoms with E-state index in [1.165, 1.54) is 11.6 Å². The number of aromatic amines is 1. The van der Waals surface area contributed by atoms with E-state index >= 15 is 0 Å². The third-order valence-corrected chi connectivity index (χ3v) is 5.08. The summed E-state index contributed by atoms with van der Waals surface area (Å²) in [5.74, 6) is 0.606. The number of quaternary nitrogens is 1. The molecule has 0 aliphatic rings. The maximum atomic E-state index is 14.2. The van der Waals surface area contributed by atoms with Crippen LogP contribution in [0, 0.1) is 5.82 Å². The lowest BCUT2D eigenvalue weighted by atomic mass is 10.0. The molecule has 0 spiro atoms. The number of nitrogens with two attached hydrogens (primary N) is 1. The Labute approximate surface area is 162 Å². The predicted molar refractivity (Wildman–Crippen MR) is 106 cm³/mol. The van der Waals surface area contributed by atoms with Gasteiger partial charge in [0, 0.05) is 6.42 Å². The number of imidazole rings is 1. The molecule has 0 bridgehead atoms. The molecule has 1 heterocycles. The standard InChI is InChI=1S/C22H19ClFN3/c23-17-9-6-10-18(24)16(17)14-25-21(13-15-7-2-1-3-8-15)22-26-19-11-4-5-12-20(19)27-22/h1-12,21,25H,13-14H2,(H,26,27)/p+1/t21-/m1/s1. The Bertz CT molecular complexity index is 993. The molecule has 0 aliphatic carbocycles. The number of fused-ring (bicyclic) bond motifs is 1. The normalized spacial score (nSPS) is 12.4. The number of rotatable bonds is 6. The van der Waals surface area contributed by atoms with E-state index in [-0.39, 0.29) is 11.9 Å². The summed E-state index contributed by atoms with van der Waals surface area (Å²) < 4.78 is 14.2. The van der Waals surface area contributed by atoms with Gasteiger partial charge in [-0.1, -0.05) is 60.1 Å². The molecule has 0 aliphatic heterocycles. The van der Waals surface area contributed by atoms with Gasteiger partial charge < -0.3 is 10.3 Å². The molecule has 0 radical (unpaired) electrons. The molecule has 5 heteroatoms. The molecule has 0 unspecified atom stereocenters. The first kappa shape index (κ1) is 17.7. The lowest BCUT2D eigenvalue weighted by molar-refractivity contribution is -0.712. The quantitative estimate of drug-likeness (QED) is 0.511. The number of nitrogens with one attached hydrogen (secondary N) is 1. The molecule has 0 amide bonds. The van der Waals surface area contributed by atoms with Crippen molar-refractivity contribution in [3.05, 3.63) is 101 Å². The van der Waals surface area contributed by atoms with E-state index in [4.69, 9.17) is 16.6 Å². The summed E-state index contributed by atoms with van der Waals surface area (Å²) in [4.78, 5) is 8.17. The Morgan fingerprint density at radius 1 is 0.963 bits per heavy atom. The van der Waals surface area contributed by atoms with Crippen molar-refractivity contribution in [2.24, 2.45) is 0 Å². The topological polar surface area (TPSA) is 45.3 Å². The Morgan fingerprint density at radius 3 is 2.52 bits per heavy atom. The molecular formula is C22H20ClFN3+. The van der Waals surface area contributed by atoms with Crippen molar-refractivity contribution in [3.8, 4) is 0 Å². The van der Waals surface area contributed by atoms with Crippen molar-refractivity contribution in [2.45, 2.75) is 19.0 Å². The molecule has 1 aromatic heterocycles. The summed E-state index contributed by atoms with van der Waals surface area (Å²) in [5, 5.41) is 2.55. The fourth-order valence-corrected chi connectivity index (χ4v) is 3.54. The molecule has 0 saturated heterocycles. The second kappa shape index (κ2) is 7.91. The summed E-state index contributed by atoms with van der Waals surface area (Å²) in [6, 6.07) is 23.0. The highest BCUT2D eigenvalue weighted by Gasteiger charge is 2.21. The number of hydrogen-bond donors (Lipinski definition) is 2. The minimum Gasteiger partial charge on any atom is -0.337 e. The van der Waals surface area contributed by atoms with Gasteiger partial charge in [-0.3, -0.25) is 0 Å². The first-order chi connectivity index (χ1) is 13.2. The summed E-state index contributed by atoms with van der Waals surface area (Å²) in [5.41, 5.74) is 3.66. The summed E-state index contributed by atoms with van der Waals surface area (Å²) >= 11 is 6.20. The zero-order chi connectivity index (χ0) is 18.6. The second-order valence-corrected chi connectivity index (χ2v) is 6.98. The van der Waals surface area contributed by atoms with E-state index in [1.54, 1.807) is 12.1 Å². The SMILES string of the molecule is Fc1cccc(Cl)c1C[NH2+][C@H](Cc1ccccc1)c1nc2ccccc2[nH]1. The fraction of sp³-hybridized carbons (Fsp3) is 0.136. The number of halogens is 2. The van der Waals surface area contributed by atoms with Crippen LogP contribution >= 0.6 is 11.6 Å². The Hall–Kier alpha value is -2.69. The minimum absolute atomic E-state index is 0.0236. The lowest BCUT2D eigenvalue weighted by Crippen LogP contribution is -2.84. The fourth-order valence-electron chi connectivity index (χ4n) is 3.30. The van der Waals surface area contributed by atoms with Crippen molar-refractivity contribution in [1.82, 2.24) is 9.97 Å². The van der Waals surface area contributed by atoms with Crippen LogP contribution in [0.2, 0.25) is 5.02 Å². The monoisotopic (exact) mass is 380 g/mol. The molecule has 3 aromatic carbocycles. The van der Waals surface area contributed by atoms with Gasteiger partial charge >= 0.3 is 0 Å². The van der Waals surface area contributed by atoms with Gasteiger partial charge in [0.05, 0.1) is 21.6 Å². The van der Waals surface area contributed by atoms with Crippen LogP contribution in [0.3, 0.4) is 0 Å². The number of nitrogens with zero attached hydrogens (tertiary/aromatic N) is 1. The maximum Gasteiger partial charge on any atom is 0.166 e. The van der Waals surface area contributed by atoms with Crippen molar-refractivity contribution >= 4 is 22.6 Å². The summed E-state index contributed by atoms with van der Waals surface area (Å²) in [6.07, 6.45) is 0.784. The first-order valence-corrected chi connectivity index (χ1v) is 9.33. The van der Waals surface area contributed by atoms with E-state index in [0.717, 1.165) is 23.3 Å². The first-order valence-electron chi connectivity index (χ1n) is 8.95. The van der Waals surface area contributed by atoms with E-state index in [0.29, 0.717) is 17.1 Å². The van der Waals surface area contributed by atoms with Crippen LogP contribution < -0.4 is 5.32 Å². The summed E-state index contributed by atoms with van der Waals surface area (Å²) in [7, 11) is 0. The van der Waals surface area contributed by atoms with Crippen molar-refractivity contribution in [3.63, 3.8) is 0 Å². The molecular weight excluding hydrogens is 361 g/mol. The van der Waals surface area contributed by atoms with Crippen molar-refractivity contribution in [1.29, 1.82) is 0 Å². The van der Waals surface area contributed by atoms with E-state index < -0.39 is 0 Å². The van der Waals surface area contributed by atoms with Crippen LogP contribution in [-0.2, 0) is 13.0 Å².